The van der Waals surface area contributed by atoms with Gasteiger partial charge in [-0.15, -0.1) is 0 Å². The van der Waals surface area contributed by atoms with Crippen LogP contribution in [0.3, 0.4) is 0 Å². The first-order valence-electron chi connectivity index (χ1n) is 9.63. The van der Waals surface area contributed by atoms with Crippen molar-refractivity contribution < 1.29 is 14.0 Å². The Morgan fingerprint density at radius 3 is 1.96 bits per heavy atom. The zero-order valence-electron chi connectivity index (χ0n) is 16.0. The van der Waals surface area contributed by atoms with Gasteiger partial charge in [0, 0.05) is 0 Å². The molecule has 4 rings (SSSR count). The molecule has 0 amide bonds. The molecule has 136 valence electrons. The Bertz CT molecular complexity index is 588. The molecule has 0 unspecified atom stereocenters. The zero-order chi connectivity index (χ0) is 17.7. The molecular formula is C20H30BNO3. The molecule has 0 bridgehead atoms. The maximum atomic E-state index is 6.15. The van der Waals surface area contributed by atoms with Crippen LogP contribution < -0.4 is 5.46 Å². The quantitative estimate of drug-likeness (QED) is 0.790. The highest BCUT2D eigenvalue weighted by Crippen LogP contribution is 2.36. The Kier molecular flexibility index (Phi) is 4.47. The average molecular weight is 343 g/mol. The molecule has 0 aliphatic carbocycles. The molecule has 3 heterocycles. The first-order valence-corrected chi connectivity index (χ1v) is 9.63. The second-order valence-electron chi connectivity index (χ2n) is 8.76. The van der Waals surface area contributed by atoms with Crippen molar-refractivity contribution in [2.24, 2.45) is 0 Å². The van der Waals surface area contributed by atoms with E-state index in [4.69, 9.17) is 14.0 Å². The van der Waals surface area contributed by atoms with E-state index in [9.17, 15) is 0 Å². The molecule has 25 heavy (non-hydrogen) atoms. The van der Waals surface area contributed by atoms with Crippen molar-refractivity contribution in [2.75, 3.05) is 26.3 Å². The van der Waals surface area contributed by atoms with Crippen molar-refractivity contribution in [3.05, 3.63) is 29.8 Å². The second kappa shape index (κ2) is 6.38. The van der Waals surface area contributed by atoms with Gasteiger partial charge in [-0.2, -0.15) is 0 Å². The second-order valence-corrected chi connectivity index (χ2v) is 8.76. The minimum absolute atomic E-state index is 0.264. The molecule has 3 aliphatic rings. The summed E-state index contributed by atoms with van der Waals surface area (Å²) in [5.74, 6) is 0.671. The Labute approximate surface area is 152 Å². The summed E-state index contributed by atoms with van der Waals surface area (Å²) in [7, 11) is -0.264. The largest absolute Gasteiger partial charge is 0.494 e. The summed E-state index contributed by atoms with van der Waals surface area (Å²) in [6, 6.07) is 9.58. The Hall–Kier alpha value is -0.875. The van der Waals surface area contributed by atoms with Gasteiger partial charge in [-0.25, -0.2) is 0 Å². The maximum Gasteiger partial charge on any atom is 0.494 e. The van der Waals surface area contributed by atoms with Crippen molar-refractivity contribution >= 4 is 12.6 Å². The predicted octanol–water partition coefficient (Wildman–Crippen LogP) is 2.56. The number of hydrogen-bond donors (Lipinski definition) is 0. The normalized spacial score (nSPS) is 27.4. The van der Waals surface area contributed by atoms with E-state index in [1.54, 1.807) is 0 Å². The third kappa shape index (κ3) is 3.28. The molecule has 0 spiro atoms. The van der Waals surface area contributed by atoms with Crippen molar-refractivity contribution in [1.82, 2.24) is 4.90 Å². The molecule has 1 aromatic carbocycles. The van der Waals surface area contributed by atoms with Crippen LogP contribution in [0.25, 0.3) is 0 Å². The lowest BCUT2D eigenvalue weighted by Gasteiger charge is -2.41. The summed E-state index contributed by atoms with van der Waals surface area (Å²) in [5, 5.41) is 0. The van der Waals surface area contributed by atoms with E-state index in [2.05, 4.69) is 56.9 Å². The van der Waals surface area contributed by atoms with E-state index in [0.717, 1.165) is 18.7 Å². The summed E-state index contributed by atoms with van der Waals surface area (Å²) in [6.07, 6.45) is 2.48. The summed E-state index contributed by atoms with van der Waals surface area (Å²) >= 11 is 0. The molecule has 0 saturated carbocycles. The van der Waals surface area contributed by atoms with E-state index in [1.165, 1.54) is 31.5 Å². The molecule has 0 radical (unpaired) electrons. The van der Waals surface area contributed by atoms with E-state index >= 15 is 0 Å². The van der Waals surface area contributed by atoms with Gasteiger partial charge in [0.2, 0.25) is 0 Å². The summed E-state index contributed by atoms with van der Waals surface area (Å²) in [5.41, 5.74) is 2.00. The van der Waals surface area contributed by atoms with Crippen LogP contribution in [-0.2, 0) is 14.0 Å². The first-order chi connectivity index (χ1) is 11.9. The molecule has 3 saturated heterocycles. The summed E-state index contributed by atoms with van der Waals surface area (Å²) in [4.78, 5) is 2.60. The third-order valence-electron chi connectivity index (χ3n) is 6.60. The molecule has 1 aromatic rings. The number of ether oxygens (including phenoxy) is 1. The topological polar surface area (TPSA) is 30.9 Å². The Morgan fingerprint density at radius 1 is 0.920 bits per heavy atom. The van der Waals surface area contributed by atoms with Gasteiger partial charge in [0.15, 0.2) is 0 Å². The fourth-order valence-electron chi connectivity index (χ4n) is 3.94. The van der Waals surface area contributed by atoms with Gasteiger partial charge in [0.25, 0.3) is 0 Å². The minimum atomic E-state index is -0.283. The van der Waals surface area contributed by atoms with Crippen LogP contribution in [0.4, 0.5) is 0 Å². The van der Waals surface area contributed by atoms with Crippen molar-refractivity contribution in [2.45, 2.75) is 63.7 Å². The lowest BCUT2D eigenvalue weighted by molar-refractivity contribution is -0.0712. The molecule has 3 aliphatic heterocycles. The monoisotopic (exact) mass is 343 g/mol. The molecule has 5 heteroatoms. The van der Waals surface area contributed by atoms with Gasteiger partial charge in [0.1, 0.15) is 0 Å². The molecule has 0 N–H and O–H groups in total. The summed E-state index contributed by atoms with van der Waals surface area (Å²) in [6.45, 7) is 12.6. The Morgan fingerprint density at radius 2 is 1.48 bits per heavy atom. The van der Waals surface area contributed by atoms with Crippen LogP contribution in [0.2, 0.25) is 0 Å². The van der Waals surface area contributed by atoms with Crippen molar-refractivity contribution in [3.63, 3.8) is 0 Å². The van der Waals surface area contributed by atoms with E-state index < -0.39 is 0 Å². The predicted molar refractivity (Wildman–Crippen MR) is 100 cm³/mol. The highest BCUT2D eigenvalue weighted by Gasteiger charge is 2.51. The molecule has 4 nitrogen and oxygen atoms in total. The van der Waals surface area contributed by atoms with Gasteiger partial charge in [-0.3, -0.25) is 4.90 Å². The fraction of sp³-hybridized carbons (Fsp3) is 0.700. The van der Waals surface area contributed by atoms with Crippen LogP contribution in [-0.4, -0.2) is 55.6 Å². The van der Waals surface area contributed by atoms with E-state index in [0.29, 0.717) is 12.0 Å². The smallest absolute Gasteiger partial charge is 0.399 e. The highest BCUT2D eigenvalue weighted by molar-refractivity contribution is 6.62. The highest BCUT2D eigenvalue weighted by atomic mass is 16.7. The number of piperidine rings is 1. The molecular weight excluding hydrogens is 313 g/mol. The average Bonchev–Trinajstić information content (AvgIpc) is 2.75. The van der Waals surface area contributed by atoms with Gasteiger partial charge >= 0.3 is 7.12 Å². The number of likely N-dealkylation sites (tertiary alicyclic amines) is 1. The minimum Gasteiger partial charge on any atom is -0.399 e. The lowest BCUT2D eigenvalue weighted by atomic mass is 9.77. The molecule has 0 aromatic heterocycles. The number of benzene rings is 1. The van der Waals surface area contributed by atoms with Gasteiger partial charge in [-0.1, -0.05) is 24.3 Å². The van der Waals surface area contributed by atoms with Gasteiger partial charge < -0.3 is 14.0 Å². The lowest BCUT2D eigenvalue weighted by Crippen LogP contribution is -2.51. The van der Waals surface area contributed by atoms with Crippen LogP contribution in [0, 0.1) is 0 Å². The third-order valence-corrected chi connectivity index (χ3v) is 6.60. The zero-order valence-corrected chi connectivity index (χ0v) is 16.0. The summed E-state index contributed by atoms with van der Waals surface area (Å²) < 4.78 is 17.6. The fourth-order valence-corrected chi connectivity index (χ4v) is 3.94. The van der Waals surface area contributed by atoms with Crippen LogP contribution >= 0.6 is 0 Å². The van der Waals surface area contributed by atoms with E-state index in [1.807, 2.05) is 0 Å². The van der Waals surface area contributed by atoms with E-state index in [-0.39, 0.29) is 18.3 Å². The number of hydrogen-bond acceptors (Lipinski definition) is 4. The van der Waals surface area contributed by atoms with Gasteiger partial charge in [0.05, 0.1) is 30.5 Å². The molecule has 3 fully saturated rings. The van der Waals surface area contributed by atoms with Crippen molar-refractivity contribution in [1.29, 1.82) is 0 Å². The standard InChI is InChI=1S/C20H30BNO3/c1-19(2)20(3,4)25-21(24-19)17-7-5-15(6-8-17)16-9-11-22(12-10-16)18-13-23-14-18/h5-8,16,18H,9-14H2,1-4H3. The van der Waals surface area contributed by atoms with Crippen LogP contribution in [0.15, 0.2) is 24.3 Å². The number of nitrogens with zero attached hydrogens (tertiary/aromatic N) is 1. The Balaban J connectivity index is 1.38. The van der Waals surface area contributed by atoms with Crippen LogP contribution in [0.1, 0.15) is 52.0 Å². The maximum absolute atomic E-state index is 6.15. The van der Waals surface area contributed by atoms with Gasteiger partial charge in [-0.05, 0) is 70.6 Å². The first kappa shape index (κ1) is 17.5. The molecule has 0 atom stereocenters. The van der Waals surface area contributed by atoms with Crippen LogP contribution in [0.5, 0.6) is 0 Å². The SMILES string of the molecule is CC1(C)OB(c2ccc(C3CCN(C4COC4)CC3)cc2)OC1(C)C. The number of rotatable bonds is 3. The van der Waals surface area contributed by atoms with Crippen molar-refractivity contribution in [3.8, 4) is 0 Å².